The fraction of sp³-hybridized carbons (Fsp3) is 0.364. The Morgan fingerprint density at radius 1 is 1.50 bits per heavy atom. The van der Waals surface area contributed by atoms with Crippen LogP contribution in [-0.4, -0.2) is 25.6 Å². The summed E-state index contributed by atoms with van der Waals surface area (Å²) in [5, 5.41) is 8.55. The fourth-order valence-corrected chi connectivity index (χ4v) is 1.87. The summed E-state index contributed by atoms with van der Waals surface area (Å²) in [4.78, 5) is 28.5. The van der Waals surface area contributed by atoms with Crippen molar-refractivity contribution in [2.75, 3.05) is 0 Å². The molecule has 2 aromatic heterocycles. The molecule has 0 aromatic carbocycles. The van der Waals surface area contributed by atoms with E-state index < -0.39 is 36.5 Å². The molecular weight excluding hydrogens is 279 g/mol. The van der Waals surface area contributed by atoms with Crippen LogP contribution in [-0.2, 0) is 17.5 Å². The van der Waals surface area contributed by atoms with Crippen molar-refractivity contribution in [3.05, 3.63) is 27.9 Å². The van der Waals surface area contributed by atoms with Gasteiger partial charge in [-0.15, -0.1) is 0 Å². The Balaban J connectivity index is 2.70. The van der Waals surface area contributed by atoms with Crippen molar-refractivity contribution in [3.63, 3.8) is 0 Å². The number of carbonyl (C=O) groups is 1. The first-order valence-electron chi connectivity index (χ1n) is 5.59. The summed E-state index contributed by atoms with van der Waals surface area (Å²) >= 11 is 0. The van der Waals surface area contributed by atoms with E-state index in [-0.39, 0.29) is 11.0 Å². The zero-order valence-corrected chi connectivity index (χ0v) is 10.3. The third kappa shape index (κ3) is 2.51. The summed E-state index contributed by atoms with van der Waals surface area (Å²) in [5.41, 5.74) is -0.576. The molecule has 0 bridgehead atoms. The van der Waals surface area contributed by atoms with Gasteiger partial charge in [0.15, 0.2) is 0 Å². The highest BCUT2D eigenvalue weighted by molar-refractivity contribution is 5.75. The van der Waals surface area contributed by atoms with Crippen molar-refractivity contribution in [1.29, 1.82) is 0 Å². The van der Waals surface area contributed by atoms with Crippen LogP contribution in [0.2, 0.25) is 0 Å². The van der Waals surface area contributed by atoms with Gasteiger partial charge < -0.3 is 10.1 Å². The molecule has 0 aliphatic rings. The number of fused-ring (bicyclic) bond motifs is 1. The Morgan fingerprint density at radius 3 is 2.70 bits per heavy atom. The topological polar surface area (TPSA) is 88.0 Å². The lowest BCUT2D eigenvalue weighted by atomic mass is 10.3. The lowest BCUT2D eigenvalue weighted by Gasteiger charge is -2.13. The minimum Gasteiger partial charge on any atom is -0.481 e. The molecule has 9 heteroatoms. The van der Waals surface area contributed by atoms with E-state index in [0.29, 0.717) is 10.3 Å². The van der Waals surface area contributed by atoms with Crippen LogP contribution in [0.4, 0.5) is 13.2 Å². The number of carboxylic acids is 1. The Labute approximate surface area is 109 Å². The molecule has 0 aliphatic carbocycles. The number of nitrogens with zero attached hydrogens (tertiary/aromatic N) is 2. The predicted octanol–water partition coefficient (Wildman–Crippen LogP) is 1.53. The summed E-state index contributed by atoms with van der Waals surface area (Å²) in [5.74, 6) is -2.70. The number of halogens is 3. The molecule has 0 aliphatic heterocycles. The highest BCUT2D eigenvalue weighted by atomic mass is 19.4. The molecule has 2 rings (SSSR count). The largest absolute Gasteiger partial charge is 0.481 e. The van der Waals surface area contributed by atoms with Gasteiger partial charge in [0, 0.05) is 12.2 Å². The molecule has 0 amide bonds. The van der Waals surface area contributed by atoms with E-state index in [1.54, 1.807) is 6.92 Å². The fourth-order valence-electron chi connectivity index (χ4n) is 1.87. The van der Waals surface area contributed by atoms with Gasteiger partial charge in [-0.25, -0.2) is 4.98 Å². The molecule has 6 nitrogen and oxygen atoms in total. The van der Waals surface area contributed by atoms with Crippen LogP contribution in [0, 0.1) is 6.92 Å². The second-order valence-electron chi connectivity index (χ2n) is 4.25. The Morgan fingerprint density at radius 2 is 2.15 bits per heavy atom. The predicted molar refractivity (Wildman–Crippen MR) is 62.3 cm³/mol. The summed E-state index contributed by atoms with van der Waals surface area (Å²) < 4.78 is 39.1. The van der Waals surface area contributed by atoms with Gasteiger partial charge in [0.2, 0.25) is 5.82 Å². The zero-order chi connectivity index (χ0) is 15.1. The molecule has 0 atom stereocenters. The van der Waals surface area contributed by atoms with Gasteiger partial charge >= 0.3 is 12.1 Å². The van der Waals surface area contributed by atoms with E-state index in [1.165, 1.54) is 6.07 Å². The van der Waals surface area contributed by atoms with Gasteiger partial charge in [0.05, 0.1) is 11.8 Å². The Bertz CT molecular complexity index is 730. The van der Waals surface area contributed by atoms with Crippen LogP contribution in [0.15, 0.2) is 10.9 Å². The number of hydrogen-bond acceptors (Lipinski definition) is 3. The number of aromatic amines is 1. The highest BCUT2D eigenvalue weighted by Gasteiger charge is 2.37. The lowest BCUT2D eigenvalue weighted by molar-refractivity contribution is -0.149. The molecule has 0 radical (unpaired) electrons. The average Bonchev–Trinajstić information content (AvgIpc) is 2.67. The summed E-state index contributed by atoms with van der Waals surface area (Å²) in [6.45, 7) is 0.992. The molecule has 0 saturated heterocycles. The quantitative estimate of drug-likeness (QED) is 0.896. The number of hydrogen-bond donors (Lipinski definition) is 2. The van der Waals surface area contributed by atoms with Crippen molar-refractivity contribution in [2.45, 2.75) is 26.1 Å². The van der Waals surface area contributed by atoms with Gasteiger partial charge in [-0.05, 0) is 13.0 Å². The van der Waals surface area contributed by atoms with Gasteiger partial charge in [-0.1, -0.05) is 0 Å². The standard InChI is InChI=1S/C11H10F3N3O3/c1-5-4-6-8(15-5)16-10(11(12,13)14)17(9(6)20)3-2-7(18)19/h4,15H,2-3H2,1H3,(H,18,19). The van der Waals surface area contributed by atoms with Crippen LogP contribution in [0.25, 0.3) is 11.0 Å². The van der Waals surface area contributed by atoms with Gasteiger partial charge in [-0.3, -0.25) is 14.2 Å². The first-order valence-corrected chi connectivity index (χ1v) is 5.59. The number of aliphatic carboxylic acids is 1. The van der Waals surface area contributed by atoms with E-state index in [2.05, 4.69) is 9.97 Å². The zero-order valence-electron chi connectivity index (χ0n) is 10.3. The molecule has 2 aromatic rings. The lowest BCUT2D eigenvalue weighted by Crippen LogP contribution is -2.30. The minimum atomic E-state index is -4.84. The van der Waals surface area contributed by atoms with E-state index in [9.17, 15) is 22.8 Å². The smallest absolute Gasteiger partial charge is 0.449 e. The minimum absolute atomic E-state index is 0.000823. The van der Waals surface area contributed by atoms with Crippen LogP contribution in [0.5, 0.6) is 0 Å². The van der Waals surface area contributed by atoms with Crippen LogP contribution in [0.3, 0.4) is 0 Å². The molecule has 108 valence electrons. The summed E-state index contributed by atoms with van der Waals surface area (Å²) in [7, 11) is 0. The Kier molecular flexibility index (Phi) is 3.28. The average molecular weight is 289 g/mol. The van der Waals surface area contributed by atoms with Crippen molar-refractivity contribution in [2.24, 2.45) is 0 Å². The maximum Gasteiger partial charge on any atom is 0.449 e. The van der Waals surface area contributed by atoms with Crippen LogP contribution in [0.1, 0.15) is 17.9 Å². The number of aromatic nitrogens is 3. The van der Waals surface area contributed by atoms with Gasteiger partial charge in [0.1, 0.15) is 5.65 Å². The molecule has 0 unspecified atom stereocenters. The van der Waals surface area contributed by atoms with E-state index in [0.717, 1.165) is 0 Å². The maximum absolute atomic E-state index is 12.9. The first kappa shape index (κ1) is 14.1. The molecule has 2 N–H and O–H groups in total. The number of H-pyrrole nitrogens is 1. The first-order chi connectivity index (χ1) is 9.20. The number of alkyl halides is 3. The van der Waals surface area contributed by atoms with Crippen molar-refractivity contribution in [3.8, 4) is 0 Å². The molecule has 2 heterocycles. The number of rotatable bonds is 3. The Hall–Kier alpha value is -2.32. The summed E-state index contributed by atoms with van der Waals surface area (Å²) in [6.07, 6.45) is -5.44. The SMILES string of the molecule is Cc1cc2c(=O)n(CCC(=O)O)c(C(F)(F)F)nc2[nH]1. The monoisotopic (exact) mass is 289 g/mol. The number of nitrogens with one attached hydrogen (secondary N) is 1. The molecular formula is C11H10F3N3O3. The normalized spacial score (nSPS) is 12.0. The van der Waals surface area contributed by atoms with Crippen molar-refractivity contribution >= 4 is 17.0 Å². The second-order valence-corrected chi connectivity index (χ2v) is 4.25. The van der Waals surface area contributed by atoms with Crippen LogP contribution < -0.4 is 5.56 Å². The molecule has 0 spiro atoms. The maximum atomic E-state index is 12.9. The van der Waals surface area contributed by atoms with Crippen LogP contribution >= 0.6 is 0 Å². The van der Waals surface area contributed by atoms with E-state index in [1.807, 2.05) is 0 Å². The third-order valence-corrected chi connectivity index (χ3v) is 2.68. The molecule has 0 saturated carbocycles. The van der Waals surface area contributed by atoms with E-state index >= 15 is 0 Å². The number of aryl methyl sites for hydroxylation is 1. The number of carboxylic acid groups (broad SMARTS) is 1. The third-order valence-electron chi connectivity index (χ3n) is 2.68. The van der Waals surface area contributed by atoms with Crippen molar-refractivity contribution in [1.82, 2.24) is 14.5 Å². The van der Waals surface area contributed by atoms with Gasteiger partial charge in [0.25, 0.3) is 5.56 Å². The molecule has 0 fully saturated rings. The second kappa shape index (κ2) is 4.66. The van der Waals surface area contributed by atoms with Gasteiger partial charge in [-0.2, -0.15) is 13.2 Å². The van der Waals surface area contributed by atoms with E-state index in [4.69, 9.17) is 5.11 Å². The van der Waals surface area contributed by atoms with Crippen molar-refractivity contribution < 1.29 is 23.1 Å². The molecule has 20 heavy (non-hydrogen) atoms. The summed E-state index contributed by atoms with van der Waals surface area (Å²) in [6, 6.07) is 1.38. The highest BCUT2D eigenvalue weighted by Crippen LogP contribution is 2.28.